The first kappa shape index (κ1) is 17.4. The fourth-order valence-corrected chi connectivity index (χ4v) is 3.13. The van der Waals surface area contributed by atoms with E-state index in [0.717, 1.165) is 16.7 Å². The quantitative estimate of drug-likeness (QED) is 0.559. The Morgan fingerprint density at radius 3 is 1.63 bits per heavy atom. The number of allylic oxidation sites excluding steroid dienone is 1. The zero-order valence-corrected chi connectivity index (χ0v) is 14.9. The van der Waals surface area contributed by atoms with Crippen molar-refractivity contribution in [1.29, 1.82) is 0 Å². The molecule has 0 saturated carbocycles. The summed E-state index contributed by atoms with van der Waals surface area (Å²) in [4.78, 5) is 4.43. The molecule has 1 aliphatic heterocycles. The molecular formula is C24H21NO2. The van der Waals surface area contributed by atoms with Crippen LogP contribution in [0.4, 0.5) is 0 Å². The third kappa shape index (κ3) is 4.40. The lowest BCUT2D eigenvalue weighted by Gasteiger charge is -2.17. The van der Waals surface area contributed by atoms with Crippen molar-refractivity contribution < 1.29 is 9.47 Å². The first-order valence-corrected chi connectivity index (χ1v) is 9.06. The maximum Gasteiger partial charge on any atom is 0.259 e. The van der Waals surface area contributed by atoms with Crippen LogP contribution in [0, 0.1) is 0 Å². The summed E-state index contributed by atoms with van der Waals surface area (Å²) in [6.07, 6.45) is 4.63. The van der Waals surface area contributed by atoms with Gasteiger partial charge in [-0.05, 0) is 22.8 Å². The Kier molecular flexibility index (Phi) is 5.53. The van der Waals surface area contributed by atoms with Gasteiger partial charge in [0, 0.05) is 6.21 Å². The largest absolute Gasteiger partial charge is 0.323 e. The topological polar surface area (TPSA) is 30.8 Å². The molecule has 0 aromatic heterocycles. The molecule has 2 atom stereocenters. The molecular weight excluding hydrogens is 334 g/mol. The first-order chi connectivity index (χ1) is 13.4. The van der Waals surface area contributed by atoms with Crippen LogP contribution in [0.2, 0.25) is 0 Å². The van der Waals surface area contributed by atoms with Crippen LogP contribution in [0.5, 0.6) is 0 Å². The molecule has 0 radical (unpaired) electrons. The van der Waals surface area contributed by atoms with E-state index >= 15 is 0 Å². The number of nitrogens with zero attached hydrogens (tertiary/aromatic N) is 1. The van der Waals surface area contributed by atoms with Gasteiger partial charge in [-0.3, -0.25) is 0 Å². The van der Waals surface area contributed by atoms with Crippen LogP contribution < -0.4 is 0 Å². The third-order valence-corrected chi connectivity index (χ3v) is 4.44. The second-order valence-electron chi connectivity index (χ2n) is 6.31. The van der Waals surface area contributed by atoms with E-state index in [1.54, 1.807) is 6.21 Å². The Labute approximate surface area is 159 Å². The number of benzene rings is 3. The molecule has 3 aromatic carbocycles. The van der Waals surface area contributed by atoms with Gasteiger partial charge < -0.3 is 9.47 Å². The predicted molar refractivity (Wildman–Crippen MR) is 108 cm³/mol. The van der Waals surface area contributed by atoms with Gasteiger partial charge in [-0.2, -0.15) is 0 Å². The van der Waals surface area contributed by atoms with Crippen LogP contribution in [0.25, 0.3) is 6.08 Å². The van der Waals surface area contributed by atoms with Gasteiger partial charge in [-0.15, -0.1) is 0 Å². The van der Waals surface area contributed by atoms with E-state index in [-0.39, 0.29) is 12.2 Å². The van der Waals surface area contributed by atoms with Crippen LogP contribution in [-0.4, -0.2) is 12.6 Å². The molecule has 3 aromatic rings. The highest BCUT2D eigenvalue weighted by Gasteiger charge is 2.37. The zero-order chi connectivity index (χ0) is 18.3. The van der Waals surface area contributed by atoms with Crippen molar-refractivity contribution in [2.75, 3.05) is 0 Å². The summed E-state index contributed by atoms with van der Waals surface area (Å²) in [5, 5.41) is 0. The van der Waals surface area contributed by atoms with Gasteiger partial charge in [0.05, 0.1) is 0 Å². The van der Waals surface area contributed by atoms with E-state index < -0.39 is 6.41 Å². The Morgan fingerprint density at radius 1 is 0.630 bits per heavy atom. The molecule has 4 rings (SSSR count). The van der Waals surface area contributed by atoms with Crippen LogP contribution in [0.1, 0.15) is 28.9 Å². The highest BCUT2D eigenvalue weighted by Crippen LogP contribution is 2.42. The van der Waals surface area contributed by atoms with E-state index in [2.05, 4.69) is 29.3 Å². The van der Waals surface area contributed by atoms with Crippen molar-refractivity contribution in [2.45, 2.75) is 18.6 Å². The van der Waals surface area contributed by atoms with Gasteiger partial charge in [0.15, 0.2) is 0 Å². The van der Waals surface area contributed by atoms with Gasteiger partial charge >= 0.3 is 0 Å². The Bertz CT molecular complexity index is 844. The van der Waals surface area contributed by atoms with Crippen molar-refractivity contribution in [2.24, 2.45) is 4.99 Å². The maximum absolute atomic E-state index is 6.11. The van der Waals surface area contributed by atoms with Crippen LogP contribution >= 0.6 is 0 Å². The molecule has 0 aliphatic carbocycles. The molecule has 3 nitrogen and oxygen atoms in total. The molecule has 0 unspecified atom stereocenters. The number of hydrogen-bond donors (Lipinski definition) is 0. The molecule has 134 valence electrons. The maximum atomic E-state index is 6.11. The summed E-state index contributed by atoms with van der Waals surface area (Å²) in [5.74, 6) is 0. The molecule has 3 heteroatoms. The van der Waals surface area contributed by atoms with Gasteiger partial charge in [0.1, 0.15) is 12.2 Å². The van der Waals surface area contributed by atoms with Crippen LogP contribution in [0.3, 0.4) is 0 Å². The number of rotatable bonds is 5. The molecule has 1 heterocycles. The minimum Gasteiger partial charge on any atom is -0.323 e. The SMILES string of the molecule is C(=C\c1ccccc1)/C=N/C1O[C@H](c2ccccc2)[C@@H](c2ccccc2)O1. The first-order valence-electron chi connectivity index (χ1n) is 9.06. The number of hydrogen-bond acceptors (Lipinski definition) is 3. The van der Waals surface area contributed by atoms with Crippen LogP contribution in [-0.2, 0) is 9.47 Å². The Hall–Kier alpha value is -3.01. The monoisotopic (exact) mass is 355 g/mol. The van der Waals surface area contributed by atoms with E-state index in [1.807, 2.05) is 78.9 Å². The highest BCUT2D eigenvalue weighted by atomic mass is 16.7. The average molecular weight is 355 g/mol. The lowest BCUT2D eigenvalue weighted by Crippen LogP contribution is -2.06. The van der Waals surface area contributed by atoms with Gasteiger partial charge in [0.2, 0.25) is 0 Å². The smallest absolute Gasteiger partial charge is 0.259 e. The summed E-state index contributed by atoms with van der Waals surface area (Å²) in [7, 11) is 0. The van der Waals surface area contributed by atoms with Crippen molar-refractivity contribution in [1.82, 2.24) is 0 Å². The van der Waals surface area contributed by atoms with Crippen molar-refractivity contribution >= 4 is 12.3 Å². The minimum absolute atomic E-state index is 0.186. The highest BCUT2D eigenvalue weighted by molar-refractivity contribution is 5.78. The lowest BCUT2D eigenvalue weighted by atomic mass is 9.99. The molecule has 0 bridgehead atoms. The second kappa shape index (κ2) is 8.58. The molecule has 0 N–H and O–H groups in total. The molecule has 1 saturated heterocycles. The van der Waals surface area contributed by atoms with Gasteiger partial charge in [-0.25, -0.2) is 4.99 Å². The summed E-state index contributed by atoms with van der Waals surface area (Å²) in [5.41, 5.74) is 3.30. The number of ether oxygens (including phenoxy) is 2. The van der Waals surface area contributed by atoms with Crippen molar-refractivity contribution in [3.05, 3.63) is 114 Å². The van der Waals surface area contributed by atoms with Gasteiger partial charge in [0.25, 0.3) is 6.41 Å². The second-order valence-corrected chi connectivity index (χ2v) is 6.31. The lowest BCUT2D eigenvalue weighted by molar-refractivity contribution is -0.0584. The third-order valence-electron chi connectivity index (χ3n) is 4.44. The van der Waals surface area contributed by atoms with E-state index in [9.17, 15) is 0 Å². The van der Waals surface area contributed by atoms with Crippen molar-refractivity contribution in [3.63, 3.8) is 0 Å². The predicted octanol–water partition coefficient (Wildman–Crippen LogP) is 5.58. The minimum atomic E-state index is -0.624. The fourth-order valence-electron chi connectivity index (χ4n) is 3.13. The standard InChI is InChI=1S/C24H21NO2/c1-4-11-19(12-5-1)13-10-18-25-24-26-22(20-14-6-2-7-15-20)23(27-24)21-16-8-3-9-17-21/h1-18,22-24H/b13-10+,25-18+/t22-,23-/m1/s1. The average Bonchev–Trinajstić information content (AvgIpc) is 3.18. The Balaban J connectivity index is 1.50. The van der Waals surface area contributed by atoms with Crippen LogP contribution in [0.15, 0.2) is 102 Å². The van der Waals surface area contributed by atoms with E-state index in [4.69, 9.17) is 9.47 Å². The molecule has 1 fully saturated rings. The van der Waals surface area contributed by atoms with E-state index in [1.165, 1.54) is 0 Å². The zero-order valence-electron chi connectivity index (χ0n) is 14.9. The van der Waals surface area contributed by atoms with Crippen molar-refractivity contribution in [3.8, 4) is 0 Å². The number of aliphatic imine (C=N–C) groups is 1. The molecule has 1 aliphatic rings. The molecule has 0 amide bonds. The normalized spacial score (nSPS) is 20.6. The summed E-state index contributed by atoms with van der Waals surface area (Å²) in [6, 6.07) is 30.4. The summed E-state index contributed by atoms with van der Waals surface area (Å²) >= 11 is 0. The van der Waals surface area contributed by atoms with Gasteiger partial charge in [-0.1, -0.05) is 97.1 Å². The fraction of sp³-hybridized carbons (Fsp3) is 0.125. The molecule has 0 spiro atoms. The Morgan fingerprint density at radius 2 is 1.11 bits per heavy atom. The molecule has 27 heavy (non-hydrogen) atoms. The van der Waals surface area contributed by atoms with E-state index in [0.29, 0.717) is 0 Å². The summed E-state index contributed by atoms with van der Waals surface area (Å²) < 4.78 is 12.2. The summed E-state index contributed by atoms with van der Waals surface area (Å²) in [6.45, 7) is 0.